The van der Waals surface area contributed by atoms with Crippen LogP contribution in [0.2, 0.25) is 0 Å². The van der Waals surface area contributed by atoms with Gasteiger partial charge in [-0.2, -0.15) is 0 Å². The summed E-state index contributed by atoms with van der Waals surface area (Å²) < 4.78 is 42.4. The van der Waals surface area contributed by atoms with Crippen molar-refractivity contribution in [3.05, 3.63) is 35.8 Å². The molecule has 1 aromatic heterocycles. The van der Waals surface area contributed by atoms with Gasteiger partial charge in [0.15, 0.2) is 0 Å². The fraction of sp³-hybridized carbons (Fsp3) is 0.200. The molecule has 80 valence electrons. The zero-order valence-corrected chi connectivity index (χ0v) is 7.58. The summed E-state index contributed by atoms with van der Waals surface area (Å²) in [4.78, 5) is 0. The first-order chi connectivity index (χ1) is 7.08. The fourth-order valence-electron chi connectivity index (χ4n) is 1.32. The van der Waals surface area contributed by atoms with Crippen molar-refractivity contribution in [2.75, 3.05) is 0 Å². The number of furan rings is 1. The molecule has 0 fully saturated rings. The molecule has 1 heterocycles. The van der Waals surface area contributed by atoms with Crippen molar-refractivity contribution in [1.29, 1.82) is 0 Å². The van der Waals surface area contributed by atoms with Crippen molar-refractivity contribution in [2.24, 2.45) is 5.73 Å². The average Bonchev–Trinajstić information content (AvgIpc) is 2.58. The average molecular weight is 215 g/mol. The first kappa shape index (κ1) is 10.0. The van der Waals surface area contributed by atoms with Crippen LogP contribution in [0.5, 0.6) is 0 Å². The molecule has 1 aromatic carbocycles. The van der Waals surface area contributed by atoms with Gasteiger partial charge in [0, 0.05) is 5.39 Å². The Hall–Kier alpha value is -1.49. The lowest BCUT2D eigenvalue weighted by molar-refractivity contribution is 0.107. The van der Waals surface area contributed by atoms with E-state index in [-0.39, 0.29) is 5.76 Å². The Balaban J connectivity index is 2.47. The highest BCUT2D eigenvalue weighted by Gasteiger charge is 2.21. The zero-order chi connectivity index (χ0) is 11.0. The predicted octanol–water partition coefficient (Wildman–Crippen LogP) is 2.84. The normalized spacial score (nSPS) is 13.7. The minimum Gasteiger partial charge on any atom is -0.459 e. The fourth-order valence-corrected chi connectivity index (χ4v) is 1.32. The summed E-state index contributed by atoms with van der Waals surface area (Å²) in [6.07, 6.45) is -2.70. The van der Waals surface area contributed by atoms with Crippen LogP contribution in [0.15, 0.2) is 28.7 Å². The van der Waals surface area contributed by atoms with Gasteiger partial charge in [-0.15, -0.1) is 0 Å². The van der Waals surface area contributed by atoms with Crippen molar-refractivity contribution >= 4 is 11.0 Å². The van der Waals surface area contributed by atoms with Gasteiger partial charge in [-0.1, -0.05) is 0 Å². The summed E-state index contributed by atoms with van der Waals surface area (Å²) in [5.41, 5.74) is 5.55. The van der Waals surface area contributed by atoms with Crippen molar-refractivity contribution < 1.29 is 17.6 Å². The molecular weight excluding hydrogens is 207 g/mol. The Morgan fingerprint density at radius 3 is 2.60 bits per heavy atom. The number of fused-ring (bicyclic) bond motifs is 1. The topological polar surface area (TPSA) is 39.2 Å². The number of hydrogen-bond acceptors (Lipinski definition) is 2. The number of rotatable bonds is 2. The van der Waals surface area contributed by atoms with Crippen LogP contribution in [-0.4, -0.2) is 6.43 Å². The second-order valence-electron chi connectivity index (χ2n) is 3.19. The predicted molar refractivity (Wildman–Crippen MR) is 49.1 cm³/mol. The van der Waals surface area contributed by atoms with Crippen LogP contribution in [0.25, 0.3) is 11.0 Å². The standard InChI is InChI=1S/C10H8F3NO/c11-6-1-2-7-5(3-6)4-8(15-7)9(14)10(12)13/h1-4,9-10H,14H2. The Labute approximate surface area is 83.5 Å². The van der Waals surface area contributed by atoms with E-state index < -0.39 is 18.3 Å². The Bertz CT molecular complexity index is 480. The van der Waals surface area contributed by atoms with Crippen LogP contribution in [0.1, 0.15) is 11.8 Å². The summed E-state index contributed by atoms with van der Waals surface area (Å²) in [5, 5.41) is 0.432. The molecule has 2 nitrogen and oxygen atoms in total. The Morgan fingerprint density at radius 2 is 1.93 bits per heavy atom. The third-order valence-corrected chi connectivity index (χ3v) is 2.10. The van der Waals surface area contributed by atoms with Crippen LogP contribution in [0, 0.1) is 5.82 Å². The van der Waals surface area contributed by atoms with Crippen molar-refractivity contribution in [3.8, 4) is 0 Å². The van der Waals surface area contributed by atoms with Gasteiger partial charge in [0.25, 0.3) is 6.43 Å². The lowest BCUT2D eigenvalue weighted by atomic mass is 10.2. The molecule has 0 aliphatic carbocycles. The molecule has 0 saturated heterocycles. The van der Waals surface area contributed by atoms with Crippen LogP contribution < -0.4 is 5.73 Å². The zero-order valence-electron chi connectivity index (χ0n) is 7.58. The highest BCUT2D eigenvalue weighted by atomic mass is 19.3. The summed E-state index contributed by atoms with van der Waals surface area (Å²) in [5.74, 6) is -0.480. The van der Waals surface area contributed by atoms with Gasteiger partial charge >= 0.3 is 0 Å². The lowest BCUT2D eigenvalue weighted by Gasteiger charge is -2.05. The maximum atomic E-state index is 12.8. The molecule has 2 rings (SSSR count). The van der Waals surface area contributed by atoms with E-state index in [2.05, 4.69) is 0 Å². The van der Waals surface area contributed by atoms with Gasteiger partial charge in [-0.25, -0.2) is 13.2 Å². The summed E-state index contributed by atoms with van der Waals surface area (Å²) in [6, 6.07) is 3.64. The van der Waals surface area contributed by atoms with Crippen LogP contribution >= 0.6 is 0 Å². The first-order valence-corrected chi connectivity index (χ1v) is 4.30. The molecule has 5 heteroatoms. The third kappa shape index (κ3) is 1.83. The quantitative estimate of drug-likeness (QED) is 0.836. The SMILES string of the molecule is NC(c1cc2cc(F)ccc2o1)C(F)F. The Kier molecular flexibility index (Phi) is 2.40. The molecule has 0 aliphatic rings. The first-order valence-electron chi connectivity index (χ1n) is 4.30. The van der Waals surface area contributed by atoms with Crippen LogP contribution in [-0.2, 0) is 0 Å². The molecule has 0 saturated carbocycles. The molecule has 0 bridgehead atoms. The van der Waals surface area contributed by atoms with Gasteiger partial charge in [-0.05, 0) is 24.3 Å². The van der Waals surface area contributed by atoms with E-state index in [0.29, 0.717) is 11.0 Å². The molecule has 2 N–H and O–H groups in total. The third-order valence-electron chi connectivity index (χ3n) is 2.10. The summed E-state index contributed by atoms with van der Waals surface area (Å²) >= 11 is 0. The molecule has 0 radical (unpaired) electrons. The highest BCUT2D eigenvalue weighted by molar-refractivity contribution is 5.78. The van der Waals surface area contributed by atoms with Crippen molar-refractivity contribution in [1.82, 2.24) is 0 Å². The van der Waals surface area contributed by atoms with Gasteiger partial charge in [-0.3, -0.25) is 0 Å². The monoisotopic (exact) mass is 215 g/mol. The maximum Gasteiger partial charge on any atom is 0.260 e. The van der Waals surface area contributed by atoms with E-state index in [4.69, 9.17) is 10.2 Å². The van der Waals surface area contributed by atoms with E-state index in [1.807, 2.05) is 0 Å². The minimum atomic E-state index is -2.70. The van der Waals surface area contributed by atoms with Crippen molar-refractivity contribution in [2.45, 2.75) is 12.5 Å². The van der Waals surface area contributed by atoms with Gasteiger partial charge in [0.05, 0.1) is 0 Å². The molecule has 1 unspecified atom stereocenters. The molecule has 15 heavy (non-hydrogen) atoms. The largest absolute Gasteiger partial charge is 0.459 e. The summed E-state index contributed by atoms with van der Waals surface area (Å²) in [7, 11) is 0. The number of hydrogen-bond donors (Lipinski definition) is 1. The van der Waals surface area contributed by atoms with Crippen LogP contribution in [0.4, 0.5) is 13.2 Å². The molecule has 2 aromatic rings. The molecule has 0 amide bonds. The van der Waals surface area contributed by atoms with Crippen molar-refractivity contribution in [3.63, 3.8) is 0 Å². The molecular formula is C10H8F3NO. The maximum absolute atomic E-state index is 12.8. The highest BCUT2D eigenvalue weighted by Crippen LogP contribution is 2.26. The van der Waals surface area contributed by atoms with E-state index in [1.54, 1.807) is 0 Å². The minimum absolute atomic E-state index is 0.0365. The Morgan fingerprint density at radius 1 is 1.20 bits per heavy atom. The number of halogens is 3. The number of alkyl halides is 2. The van der Waals surface area contributed by atoms with E-state index in [9.17, 15) is 13.2 Å². The number of nitrogens with two attached hydrogens (primary N) is 1. The van der Waals surface area contributed by atoms with E-state index in [1.165, 1.54) is 24.3 Å². The second-order valence-corrected chi connectivity index (χ2v) is 3.19. The van der Waals surface area contributed by atoms with Gasteiger partial charge in [0.2, 0.25) is 0 Å². The smallest absolute Gasteiger partial charge is 0.260 e. The molecule has 0 aliphatic heterocycles. The van der Waals surface area contributed by atoms with Gasteiger partial charge < -0.3 is 10.2 Å². The van der Waals surface area contributed by atoms with Crippen LogP contribution in [0.3, 0.4) is 0 Å². The van der Waals surface area contributed by atoms with E-state index >= 15 is 0 Å². The molecule has 0 spiro atoms. The number of benzene rings is 1. The summed E-state index contributed by atoms with van der Waals surface area (Å²) in [6.45, 7) is 0. The van der Waals surface area contributed by atoms with E-state index in [0.717, 1.165) is 0 Å². The lowest BCUT2D eigenvalue weighted by Crippen LogP contribution is -2.17. The molecule has 1 atom stereocenters. The van der Waals surface area contributed by atoms with Gasteiger partial charge in [0.1, 0.15) is 23.2 Å². The second kappa shape index (κ2) is 3.58.